The Morgan fingerprint density at radius 1 is 0.931 bits per heavy atom. The van der Waals surface area contributed by atoms with E-state index in [4.69, 9.17) is 0 Å². The van der Waals surface area contributed by atoms with E-state index >= 15 is 0 Å². The first kappa shape index (κ1) is 23.9. The van der Waals surface area contributed by atoms with Crippen LogP contribution < -0.4 is 0 Å². The monoisotopic (exact) mass is 417 g/mol. The second-order valence-corrected chi connectivity index (χ2v) is 13.3. The molecule has 29 heavy (non-hydrogen) atoms. The van der Waals surface area contributed by atoms with Crippen molar-refractivity contribution in [2.75, 3.05) is 18.5 Å². The van der Waals surface area contributed by atoms with E-state index < -0.39 is 12.3 Å². The fourth-order valence-electron chi connectivity index (χ4n) is 3.91. The van der Waals surface area contributed by atoms with Crippen molar-refractivity contribution in [3.63, 3.8) is 0 Å². The van der Waals surface area contributed by atoms with Crippen LogP contribution in [0.3, 0.4) is 0 Å². The van der Waals surface area contributed by atoms with Gasteiger partial charge in [0, 0.05) is 5.41 Å². The zero-order valence-electron chi connectivity index (χ0n) is 19.4. The first-order chi connectivity index (χ1) is 13.8. The Hall–Kier alpha value is -1.41. The summed E-state index contributed by atoms with van der Waals surface area (Å²) in [6.07, 6.45) is 10.5. The minimum Gasteiger partial charge on any atom is -0.292 e. The van der Waals surface area contributed by atoms with Gasteiger partial charge in [0.25, 0.3) is 0 Å². The molecule has 0 N–H and O–H groups in total. The Balaban J connectivity index is 2.88. The maximum absolute atomic E-state index is 13.9. The van der Waals surface area contributed by atoms with Crippen molar-refractivity contribution in [1.29, 1.82) is 0 Å². The molecule has 0 unspecified atom stereocenters. The number of Topliss-reactive ketones (excluding diaryl/α,β-unsaturated/α-hetero) is 1. The lowest BCUT2D eigenvalue weighted by Gasteiger charge is -2.33. The van der Waals surface area contributed by atoms with Crippen LogP contribution in [0.4, 0.5) is 0 Å². The molecular formula is C24H40N3OP. The minimum atomic E-state index is -1.67. The van der Waals surface area contributed by atoms with E-state index in [9.17, 15) is 4.79 Å². The highest BCUT2D eigenvalue weighted by Gasteiger charge is 2.35. The van der Waals surface area contributed by atoms with Crippen LogP contribution in [-0.2, 0) is 4.79 Å². The van der Waals surface area contributed by atoms with Crippen LogP contribution in [-0.4, -0.2) is 44.7 Å². The smallest absolute Gasteiger partial charge is 0.186 e. The fourth-order valence-corrected chi connectivity index (χ4v) is 9.30. The molecule has 0 saturated carbocycles. The number of rotatable bonds is 11. The molecule has 0 bridgehead atoms. The van der Waals surface area contributed by atoms with Gasteiger partial charge in [-0.05, 0) is 49.9 Å². The van der Waals surface area contributed by atoms with Crippen LogP contribution >= 0.6 is 6.89 Å². The van der Waals surface area contributed by atoms with Gasteiger partial charge in [0.2, 0.25) is 0 Å². The maximum Gasteiger partial charge on any atom is 0.186 e. The zero-order valence-corrected chi connectivity index (χ0v) is 20.3. The molecule has 1 aromatic carbocycles. The average Bonchev–Trinajstić information content (AvgIpc) is 3.12. The van der Waals surface area contributed by atoms with Gasteiger partial charge < -0.3 is 0 Å². The first-order valence-electron chi connectivity index (χ1n) is 11.4. The van der Waals surface area contributed by atoms with E-state index in [0.717, 1.165) is 54.2 Å². The molecule has 0 saturated heterocycles. The highest BCUT2D eigenvalue weighted by Crippen LogP contribution is 2.53. The second-order valence-electron chi connectivity index (χ2n) is 9.27. The van der Waals surface area contributed by atoms with Crippen LogP contribution in [0.25, 0.3) is 11.0 Å². The van der Waals surface area contributed by atoms with Crippen molar-refractivity contribution in [2.45, 2.75) is 80.1 Å². The SMILES string of the molecule is CCCCP(CCCC)(CCCC)=C(C(=O)C(C)(C)C)n1nnc2ccccc21. The van der Waals surface area contributed by atoms with E-state index in [1.54, 1.807) is 0 Å². The number of hydrogen-bond donors (Lipinski definition) is 0. The summed E-state index contributed by atoms with van der Waals surface area (Å²) in [7, 11) is 0. The Morgan fingerprint density at radius 3 is 1.93 bits per heavy atom. The molecule has 0 aliphatic rings. The van der Waals surface area contributed by atoms with Gasteiger partial charge in [0.15, 0.2) is 5.78 Å². The number of nitrogens with zero attached hydrogens (tertiary/aromatic N) is 3. The van der Waals surface area contributed by atoms with Crippen LogP contribution in [0.5, 0.6) is 0 Å². The molecule has 2 aromatic rings. The Bertz CT molecular complexity index is 832. The number of unbranched alkanes of at least 4 members (excludes halogenated alkanes) is 3. The quantitative estimate of drug-likeness (QED) is 0.395. The normalized spacial score (nSPS) is 12.5. The molecule has 2 rings (SSSR count). The average molecular weight is 418 g/mol. The molecule has 4 nitrogen and oxygen atoms in total. The predicted octanol–water partition coefficient (Wildman–Crippen LogP) is 6.44. The van der Waals surface area contributed by atoms with E-state index in [1.807, 2.05) is 43.7 Å². The molecule has 0 radical (unpaired) electrons. The molecule has 162 valence electrons. The van der Waals surface area contributed by atoms with Crippen LogP contribution in [0.15, 0.2) is 24.3 Å². The van der Waals surface area contributed by atoms with Gasteiger partial charge in [-0.25, -0.2) is 4.68 Å². The van der Waals surface area contributed by atoms with Crippen molar-refractivity contribution in [1.82, 2.24) is 15.0 Å². The van der Waals surface area contributed by atoms with Gasteiger partial charge in [0.1, 0.15) is 10.9 Å². The second kappa shape index (κ2) is 10.6. The minimum absolute atomic E-state index is 0.254. The number of hydrogen-bond acceptors (Lipinski definition) is 3. The molecule has 0 aliphatic carbocycles. The number of aromatic nitrogens is 3. The van der Waals surface area contributed by atoms with Crippen molar-refractivity contribution >= 4 is 29.1 Å². The lowest BCUT2D eigenvalue weighted by molar-refractivity contribution is -0.119. The first-order valence-corrected chi connectivity index (χ1v) is 13.7. The predicted molar refractivity (Wildman–Crippen MR) is 129 cm³/mol. The molecule has 0 atom stereocenters. The largest absolute Gasteiger partial charge is 0.292 e. The van der Waals surface area contributed by atoms with Crippen LogP contribution in [0.1, 0.15) is 80.1 Å². The Labute approximate surface area is 177 Å². The lowest BCUT2D eigenvalue weighted by Crippen LogP contribution is -2.36. The third-order valence-electron chi connectivity index (χ3n) is 5.71. The van der Waals surface area contributed by atoms with Crippen LogP contribution in [0, 0.1) is 5.41 Å². The van der Waals surface area contributed by atoms with E-state index in [-0.39, 0.29) is 5.78 Å². The molecule has 1 aromatic heterocycles. The molecule has 0 amide bonds. The number of benzene rings is 1. The van der Waals surface area contributed by atoms with E-state index in [0.29, 0.717) is 0 Å². The van der Waals surface area contributed by atoms with Crippen molar-refractivity contribution < 1.29 is 4.79 Å². The molecule has 5 heteroatoms. The molecule has 0 spiro atoms. The summed E-state index contributed by atoms with van der Waals surface area (Å²) in [5.41, 5.74) is 2.38. The number of carbonyl (C=O) groups is 1. The Kier molecular flexibility index (Phi) is 8.70. The van der Waals surface area contributed by atoms with Gasteiger partial charge in [-0.2, -0.15) is 0 Å². The van der Waals surface area contributed by atoms with Crippen molar-refractivity contribution in [2.24, 2.45) is 5.41 Å². The lowest BCUT2D eigenvalue weighted by atomic mass is 9.91. The van der Waals surface area contributed by atoms with Crippen molar-refractivity contribution in [3.8, 4) is 0 Å². The van der Waals surface area contributed by atoms with Gasteiger partial charge in [0.05, 0.1) is 5.52 Å². The molecule has 1 heterocycles. The summed E-state index contributed by atoms with van der Waals surface area (Å²) in [4.78, 5) is 13.9. The number of para-hydroxylation sites is 1. The number of fused-ring (bicyclic) bond motifs is 1. The van der Waals surface area contributed by atoms with E-state index in [2.05, 4.69) is 37.1 Å². The molecule has 0 fully saturated rings. The van der Waals surface area contributed by atoms with E-state index in [1.165, 1.54) is 19.3 Å². The summed E-state index contributed by atoms with van der Waals surface area (Å²) < 4.78 is 1.94. The van der Waals surface area contributed by atoms with Gasteiger partial charge >= 0.3 is 0 Å². The van der Waals surface area contributed by atoms with Gasteiger partial charge in [-0.1, -0.05) is 85.0 Å². The topological polar surface area (TPSA) is 47.8 Å². The fraction of sp³-hybridized carbons (Fsp3) is 0.667. The molecule has 0 aliphatic heterocycles. The highest BCUT2D eigenvalue weighted by molar-refractivity contribution is 7.77. The third kappa shape index (κ3) is 5.60. The Morgan fingerprint density at radius 2 is 1.45 bits per heavy atom. The summed E-state index contributed by atoms with van der Waals surface area (Å²) >= 11 is 0. The van der Waals surface area contributed by atoms with Gasteiger partial charge in [-0.15, -0.1) is 5.10 Å². The van der Waals surface area contributed by atoms with Crippen LogP contribution in [0.2, 0.25) is 0 Å². The number of ketones is 1. The summed E-state index contributed by atoms with van der Waals surface area (Å²) in [6, 6.07) is 8.05. The maximum atomic E-state index is 13.9. The number of carbonyl (C=O) groups excluding carboxylic acids is 1. The summed E-state index contributed by atoms with van der Waals surface area (Å²) in [5, 5.41) is 8.97. The van der Waals surface area contributed by atoms with Crippen molar-refractivity contribution in [3.05, 3.63) is 24.3 Å². The zero-order chi connectivity index (χ0) is 21.5. The summed E-state index contributed by atoms with van der Waals surface area (Å²) in [5.74, 6) is 0.254. The highest BCUT2D eigenvalue weighted by atomic mass is 31.2. The third-order valence-corrected chi connectivity index (χ3v) is 10.5. The summed E-state index contributed by atoms with van der Waals surface area (Å²) in [6.45, 7) is 11.2. The molecular weight excluding hydrogens is 377 g/mol. The standard InChI is InChI=1S/C24H40N3OP/c1-7-10-17-29(18-11-8-2,19-12-9-3)23(22(28)24(4,5)6)27-21-16-14-13-15-20(21)25-26-27/h13-16H,7-12,17-19H2,1-6H3. The van der Waals surface area contributed by atoms with Gasteiger partial charge in [-0.3, -0.25) is 4.79 Å².